The van der Waals surface area contributed by atoms with E-state index in [1.807, 2.05) is 13.8 Å². The molecule has 7 nitrogen and oxygen atoms in total. The summed E-state index contributed by atoms with van der Waals surface area (Å²) in [6.07, 6.45) is 3.43. The Kier molecular flexibility index (Phi) is 5.65. The fourth-order valence-electron chi connectivity index (χ4n) is 2.84. The Morgan fingerprint density at radius 2 is 2.13 bits per heavy atom. The van der Waals surface area contributed by atoms with Crippen LogP contribution in [0.4, 0.5) is 0 Å². The van der Waals surface area contributed by atoms with E-state index in [4.69, 9.17) is 5.73 Å². The lowest BCUT2D eigenvalue weighted by atomic mass is 10.0. The zero-order valence-corrected chi connectivity index (χ0v) is 14.3. The number of aromatic nitrogens is 4. The summed E-state index contributed by atoms with van der Waals surface area (Å²) in [6.45, 7) is 8.64. The molecule has 3 N–H and O–H groups in total. The molecule has 0 saturated heterocycles. The molecule has 0 fully saturated rings. The summed E-state index contributed by atoms with van der Waals surface area (Å²) in [6, 6.07) is 0.0422. The number of hydrogen-bond acceptors (Lipinski definition) is 5. The third-order valence-corrected chi connectivity index (χ3v) is 4.00. The van der Waals surface area contributed by atoms with Gasteiger partial charge in [-0.15, -0.1) is 0 Å². The molecule has 0 radical (unpaired) electrons. The molecule has 1 atom stereocenters. The van der Waals surface area contributed by atoms with Crippen LogP contribution in [0.25, 0.3) is 5.78 Å². The van der Waals surface area contributed by atoms with Crippen molar-refractivity contribution in [1.29, 1.82) is 0 Å². The molecule has 0 aliphatic rings. The van der Waals surface area contributed by atoms with Crippen LogP contribution in [0.1, 0.15) is 43.6 Å². The van der Waals surface area contributed by atoms with Crippen LogP contribution in [-0.4, -0.2) is 38.1 Å². The standard InChI is InChI=1S/C16H26N6O/c1-10(2)7-13(8-17)21-15(23)6-5-14-11(3)20-16-18-9-19-22(16)12(14)4/h9-10,13H,5-8,17H2,1-4H3,(H,21,23). The van der Waals surface area contributed by atoms with Crippen LogP contribution in [0, 0.1) is 19.8 Å². The first-order valence-corrected chi connectivity index (χ1v) is 8.07. The zero-order valence-electron chi connectivity index (χ0n) is 14.3. The molecule has 1 unspecified atom stereocenters. The number of rotatable bonds is 7. The first kappa shape index (κ1) is 17.3. The predicted molar refractivity (Wildman–Crippen MR) is 89.0 cm³/mol. The van der Waals surface area contributed by atoms with Crippen LogP contribution in [0.3, 0.4) is 0 Å². The normalized spacial score (nSPS) is 12.8. The fourth-order valence-corrected chi connectivity index (χ4v) is 2.84. The van der Waals surface area contributed by atoms with Gasteiger partial charge in [0.1, 0.15) is 6.33 Å². The van der Waals surface area contributed by atoms with Crippen molar-refractivity contribution in [2.75, 3.05) is 6.54 Å². The van der Waals surface area contributed by atoms with E-state index in [9.17, 15) is 4.79 Å². The van der Waals surface area contributed by atoms with Gasteiger partial charge in [0.25, 0.3) is 5.78 Å². The Labute approximate surface area is 136 Å². The molecule has 0 aliphatic heterocycles. The van der Waals surface area contributed by atoms with Crippen molar-refractivity contribution < 1.29 is 4.79 Å². The average molecular weight is 318 g/mol. The quantitative estimate of drug-likeness (QED) is 0.798. The Bertz CT molecular complexity index is 679. The van der Waals surface area contributed by atoms with E-state index in [-0.39, 0.29) is 11.9 Å². The summed E-state index contributed by atoms with van der Waals surface area (Å²) in [4.78, 5) is 20.7. The van der Waals surface area contributed by atoms with Gasteiger partial charge >= 0.3 is 0 Å². The zero-order chi connectivity index (χ0) is 17.0. The Morgan fingerprint density at radius 3 is 2.78 bits per heavy atom. The molecule has 0 aromatic carbocycles. The molecule has 2 aromatic rings. The largest absolute Gasteiger partial charge is 0.352 e. The minimum absolute atomic E-state index is 0.0265. The number of carbonyl (C=O) groups is 1. The lowest BCUT2D eigenvalue weighted by molar-refractivity contribution is -0.121. The molecule has 1 amide bonds. The third kappa shape index (κ3) is 4.25. The molecule has 2 aromatic heterocycles. The third-order valence-electron chi connectivity index (χ3n) is 4.00. The van der Waals surface area contributed by atoms with Crippen LogP contribution >= 0.6 is 0 Å². The van der Waals surface area contributed by atoms with Gasteiger partial charge in [0.2, 0.25) is 5.91 Å². The van der Waals surface area contributed by atoms with Gasteiger partial charge in [-0.25, -0.2) is 9.50 Å². The molecule has 2 rings (SSSR count). The maximum Gasteiger partial charge on any atom is 0.252 e. The first-order valence-electron chi connectivity index (χ1n) is 8.07. The number of nitrogens with one attached hydrogen (secondary N) is 1. The van der Waals surface area contributed by atoms with Crippen LogP contribution in [0.5, 0.6) is 0 Å². The number of fused-ring (bicyclic) bond motifs is 1. The lowest BCUT2D eigenvalue weighted by Gasteiger charge is -2.19. The summed E-state index contributed by atoms with van der Waals surface area (Å²) in [5.41, 5.74) is 8.66. The monoisotopic (exact) mass is 318 g/mol. The lowest BCUT2D eigenvalue weighted by Crippen LogP contribution is -2.41. The van der Waals surface area contributed by atoms with E-state index >= 15 is 0 Å². The van der Waals surface area contributed by atoms with Crippen molar-refractivity contribution in [3.63, 3.8) is 0 Å². The second-order valence-electron chi connectivity index (χ2n) is 6.36. The summed E-state index contributed by atoms with van der Waals surface area (Å²) in [5, 5.41) is 7.19. The number of aryl methyl sites for hydroxylation is 2. The minimum atomic E-state index is 0.0265. The van der Waals surface area contributed by atoms with Crippen LogP contribution in [0.15, 0.2) is 6.33 Å². The van der Waals surface area contributed by atoms with Crippen molar-refractivity contribution in [3.8, 4) is 0 Å². The fraction of sp³-hybridized carbons (Fsp3) is 0.625. The van der Waals surface area contributed by atoms with E-state index in [0.717, 1.165) is 23.4 Å². The molecule has 7 heteroatoms. The average Bonchev–Trinajstić information content (AvgIpc) is 2.94. The van der Waals surface area contributed by atoms with Crippen LogP contribution in [-0.2, 0) is 11.2 Å². The van der Waals surface area contributed by atoms with E-state index < -0.39 is 0 Å². The second kappa shape index (κ2) is 7.50. The van der Waals surface area contributed by atoms with Gasteiger partial charge in [-0.05, 0) is 38.2 Å². The summed E-state index contributed by atoms with van der Waals surface area (Å²) >= 11 is 0. The van der Waals surface area contributed by atoms with Gasteiger partial charge in [-0.1, -0.05) is 13.8 Å². The van der Waals surface area contributed by atoms with Crippen molar-refractivity contribution in [2.24, 2.45) is 11.7 Å². The Hall–Kier alpha value is -2.02. The first-order chi connectivity index (χ1) is 10.9. The van der Waals surface area contributed by atoms with Crippen LogP contribution in [0.2, 0.25) is 0 Å². The number of hydrogen-bond donors (Lipinski definition) is 2. The molecule has 126 valence electrons. The molecule has 0 aliphatic carbocycles. The van der Waals surface area contributed by atoms with Gasteiger partial charge in [0.15, 0.2) is 0 Å². The number of nitrogens with zero attached hydrogens (tertiary/aromatic N) is 4. The predicted octanol–water partition coefficient (Wildman–Crippen LogP) is 1.16. The van der Waals surface area contributed by atoms with E-state index in [1.165, 1.54) is 6.33 Å². The number of carbonyl (C=O) groups excluding carboxylic acids is 1. The SMILES string of the molecule is Cc1nc2ncnn2c(C)c1CCC(=O)NC(CN)CC(C)C. The highest BCUT2D eigenvalue weighted by molar-refractivity contribution is 5.76. The van der Waals surface area contributed by atoms with Crippen molar-refractivity contribution in [1.82, 2.24) is 24.9 Å². The van der Waals surface area contributed by atoms with E-state index in [1.54, 1.807) is 4.52 Å². The maximum absolute atomic E-state index is 12.2. The van der Waals surface area contributed by atoms with Gasteiger partial charge in [-0.3, -0.25) is 4.79 Å². The van der Waals surface area contributed by atoms with Crippen molar-refractivity contribution in [3.05, 3.63) is 23.3 Å². The van der Waals surface area contributed by atoms with Crippen LogP contribution < -0.4 is 11.1 Å². The van der Waals surface area contributed by atoms with Crippen molar-refractivity contribution >= 4 is 11.7 Å². The van der Waals surface area contributed by atoms with E-state index in [2.05, 4.69) is 34.2 Å². The molecule has 0 bridgehead atoms. The highest BCUT2D eigenvalue weighted by atomic mass is 16.1. The van der Waals surface area contributed by atoms with Gasteiger partial charge in [0.05, 0.1) is 0 Å². The van der Waals surface area contributed by atoms with Gasteiger partial charge in [-0.2, -0.15) is 10.1 Å². The van der Waals surface area contributed by atoms with Gasteiger partial charge in [0, 0.05) is 30.4 Å². The molecular weight excluding hydrogens is 292 g/mol. The minimum Gasteiger partial charge on any atom is -0.352 e. The maximum atomic E-state index is 12.2. The molecule has 0 saturated carbocycles. The topological polar surface area (TPSA) is 98.2 Å². The summed E-state index contributed by atoms with van der Waals surface area (Å²) in [5.74, 6) is 1.12. The summed E-state index contributed by atoms with van der Waals surface area (Å²) < 4.78 is 1.71. The highest BCUT2D eigenvalue weighted by Crippen LogP contribution is 2.15. The second-order valence-corrected chi connectivity index (χ2v) is 6.36. The van der Waals surface area contributed by atoms with E-state index in [0.29, 0.717) is 31.1 Å². The molecule has 2 heterocycles. The highest BCUT2D eigenvalue weighted by Gasteiger charge is 2.15. The van der Waals surface area contributed by atoms with Gasteiger partial charge < -0.3 is 11.1 Å². The molecular formula is C16H26N6O. The molecule has 0 spiro atoms. The summed E-state index contributed by atoms with van der Waals surface area (Å²) in [7, 11) is 0. The Morgan fingerprint density at radius 1 is 1.39 bits per heavy atom. The smallest absolute Gasteiger partial charge is 0.252 e. The number of nitrogens with two attached hydrogens (primary N) is 1. The van der Waals surface area contributed by atoms with Crippen molar-refractivity contribution in [2.45, 2.75) is 53.0 Å². The molecule has 23 heavy (non-hydrogen) atoms. The number of amides is 1. The Balaban J connectivity index is 2.01.